The van der Waals surface area contributed by atoms with Crippen molar-refractivity contribution in [2.24, 2.45) is 16.3 Å². The van der Waals surface area contributed by atoms with Gasteiger partial charge in [0.2, 0.25) is 11.8 Å². The van der Waals surface area contributed by atoms with E-state index >= 15 is 0 Å². The molecule has 0 aliphatic carbocycles. The number of fused-ring (bicyclic) bond motifs is 2. The molecule has 5 rings (SSSR count). The summed E-state index contributed by atoms with van der Waals surface area (Å²) in [6.45, 7) is 11.6. The second kappa shape index (κ2) is 11.0. The minimum absolute atomic E-state index is 0.00552. The molecule has 0 radical (unpaired) electrons. The summed E-state index contributed by atoms with van der Waals surface area (Å²) < 4.78 is 0. The smallest absolute Gasteiger partial charge is 0.235 e. The Labute approximate surface area is 225 Å². The number of rotatable bonds is 7. The largest absolute Gasteiger partial charge is 0.354 e. The van der Waals surface area contributed by atoms with Crippen molar-refractivity contribution in [1.82, 2.24) is 14.7 Å². The minimum Gasteiger partial charge on any atom is -0.354 e. The van der Waals surface area contributed by atoms with Crippen molar-refractivity contribution in [1.29, 1.82) is 0 Å². The molecule has 7 heteroatoms. The lowest BCUT2D eigenvalue weighted by Gasteiger charge is -2.36. The maximum Gasteiger partial charge on any atom is 0.235 e. The summed E-state index contributed by atoms with van der Waals surface area (Å²) in [5.41, 5.74) is 1.73. The predicted molar refractivity (Wildman–Crippen MR) is 149 cm³/mol. The average molecular weight is 519 g/mol. The summed E-state index contributed by atoms with van der Waals surface area (Å²) in [5.74, 6) is 1.52. The lowest BCUT2D eigenvalue weighted by Crippen LogP contribution is -2.49. The molecule has 3 heterocycles. The Morgan fingerprint density at radius 1 is 0.919 bits per heavy atom. The summed E-state index contributed by atoms with van der Waals surface area (Å²) in [4.78, 5) is 39.5. The third kappa shape index (κ3) is 5.63. The molecule has 0 spiro atoms. The van der Waals surface area contributed by atoms with Crippen LogP contribution in [0.25, 0.3) is 0 Å². The van der Waals surface area contributed by atoms with Crippen LogP contribution in [-0.4, -0.2) is 71.6 Å². The Balaban J connectivity index is 1.14. The van der Waals surface area contributed by atoms with Crippen molar-refractivity contribution >= 4 is 35.1 Å². The van der Waals surface area contributed by atoms with Crippen molar-refractivity contribution in [3.8, 4) is 0 Å². The monoisotopic (exact) mass is 518 g/mol. The Kier molecular flexibility index (Phi) is 7.72. The van der Waals surface area contributed by atoms with Gasteiger partial charge in [0.25, 0.3) is 0 Å². The van der Waals surface area contributed by atoms with Crippen LogP contribution in [0.1, 0.15) is 52.0 Å². The molecule has 3 aliphatic rings. The number of para-hydroxylation sites is 1. The Hall–Kier alpha value is -2.64. The van der Waals surface area contributed by atoms with Gasteiger partial charge in [-0.05, 0) is 49.9 Å². The number of piperazine rings is 1. The molecule has 2 aromatic rings. The highest BCUT2D eigenvalue weighted by Crippen LogP contribution is 2.41. The van der Waals surface area contributed by atoms with Crippen LogP contribution in [0.5, 0.6) is 0 Å². The predicted octanol–water partition coefficient (Wildman–Crippen LogP) is 5.44. The zero-order valence-corrected chi connectivity index (χ0v) is 23.1. The van der Waals surface area contributed by atoms with E-state index in [0.29, 0.717) is 18.9 Å². The molecule has 0 N–H and O–H groups in total. The molecule has 2 saturated heterocycles. The Bertz CT molecular complexity index is 1190. The molecule has 0 bridgehead atoms. The molecule has 2 fully saturated rings. The van der Waals surface area contributed by atoms with E-state index < -0.39 is 5.41 Å². The van der Waals surface area contributed by atoms with E-state index in [0.717, 1.165) is 63.5 Å². The van der Waals surface area contributed by atoms with Gasteiger partial charge in [-0.25, -0.2) is 4.99 Å². The van der Waals surface area contributed by atoms with Gasteiger partial charge in [-0.15, -0.1) is 0 Å². The second-order valence-electron chi connectivity index (χ2n) is 11.2. The highest BCUT2D eigenvalue weighted by molar-refractivity contribution is 7.99. The van der Waals surface area contributed by atoms with Crippen LogP contribution in [0.3, 0.4) is 0 Å². The van der Waals surface area contributed by atoms with Crippen molar-refractivity contribution < 1.29 is 9.59 Å². The average Bonchev–Trinajstić information content (AvgIpc) is 3.00. The first-order valence-electron chi connectivity index (χ1n) is 13.6. The van der Waals surface area contributed by atoms with Crippen LogP contribution >= 0.6 is 11.8 Å². The molecule has 3 aliphatic heterocycles. The zero-order valence-electron chi connectivity index (χ0n) is 22.3. The van der Waals surface area contributed by atoms with Crippen LogP contribution in [0.15, 0.2) is 63.3 Å². The van der Waals surface area contributed by atoms with Gasteiger partial charge in [-0.2, -0.15) is 0 Å². The molecule has 2 amide bonds. The fourth-order valence-electron chi connectivity index (χ4n) is 5.93. The standard InChI is InChI=1S/C30H38N4O2S/c1-22(2)20-30(3)21-27(35)34(29(30)36)15-9-8-14-32-16-18-33(19-17-32)28-23-10-4-6-12-25(23)37-26-13-7-5-11-24(26)31-28/h4-7,10-13,22H,8-9,14-21H2,1-3H3. The molecule has 0 aromatic heterocycles. The normalized spacial score (nSPS) is 22.2. The van der Waals surface area contributed by atoms with E-state index in [1.54, 1.807) is 11.8 Å². The minimum atomic E-state index is -0.514. The van der Waals surface area contributed by atoms with Gasteiger partial charge >= 0.3 is 0 Å². The number of hydrogen-bond acceptors (Lipinski definition) is 6. The highest BCUT2D eigenvalue weighted by atomic mass is 32.2. The van der Waals surface area contributed by atoms with Gasteiger partial charge in [0.15, 0.2) is 0 Å². The number of unbranched alkanes of at least 4 members (excludes halogenated alkanes) is 1. The van der Waals surface area contributed by atoms with E-state index in [4.69, 9.17) is 4.99 Å². The molecule has 0 saturated carbocycles. The zero-order chi connectivity index (χ0) is 26.0. The molecular weight excluding hydrogens is 480 g/mol. The van der Waals surface area contributed by atoms with Gasteiger partial charge in [0, 0.05) is 54.5 Å². The van der Waals surface area contributed by atoms with Crippen molar-refractivity contribution in [3.05, 3.63) is 54.1 Å². The van der Waals surface area contributed by atoms with Crippen LogP contribution in [0.2, 0.25) is 0 Å². The van der Waals surface area contributed by atoms with Gasteiger partial charge in [-0.1, -0.05) is 62.9 Å². The number of amidine groups is 1. The number of carbonyl (C=O) groups excluding carboxylic acids is 2. The highest BCUT2D eigenvalue weighted by Gasteiger charge is 2.47. The Morgan fingerprint density at radius 3 is 2.35 bits per heavy atom. The van der Waals surface area contributed by atoms with E-state index in [2.05, 4.69) is 72.2 Å². The molecule has 1 atom stereocenters. The first-order chi connectivity index (χ1) is 17.8. The quantitative estimate of drug-likeness (QED) is 0.361. The van der Waals surface area contributed by atoms with E-state index in [1.165, 1.54) is 20.3 Å². The maximum absolute atomic E-state index is 12.9. The fraction of sp³-hybridized carbons (Fsp3) is 0.500. The molecule has 37 heavy (non-hydrogen) atoms. The lowest BCUT2D eigenvalue weighted by molar-refractivity contribution is -0.141. The van der Waals surface area contributed by atoms with Crippen molar-refractivity contribution in [2.45, 2.75) is 56.2 Å². The van der Waals surface area contributed by atoms with Gasteiger partial charge in [0.05, 0.1) is 11.1 Å². The lowest BCUT2D eigenvalue weighted by atomic mass is 9.80. The van der Waals surface area contributed by atoms with Crippen LogP contribution in [-0.2, 0) is 9.59 Å². The number of nitrogens with zero attached hydrogens (tertiary/aromatic N) is 4. The van der Waals surface area contributed by atoms with Crippen LogP contribution in [0.4, 0.5) is 5.69 Å². The molecule has 6 nitrogen and oxygen atoms in total. The maximum atomic E-state index is 12.9. The molecular formula is C30H38N4O2S. The van der Waals surface area contributed by atoms with Crippen LogP contribution < -0.4 is 0 Å². The summed E-state index contributed by atoms with van der Waals surface area (Å²) in [6, 6.07) is 17.0. The van der Waals surface area contributed by atoms with Crippen molar-refractivity contribution in [2.75, 3.05) is 39.3 Å². The third-order valence-electron chi connectivity index (χ3n) is 7.68. The van der Waals surface area contributed by atoms with E-state index in [9.17, 15) is 9.59 Å². The summed E-state index contributed by atoms with van der Waals surface area (Å²) >= 11 is 1.79. The van der Waals surface area contributed by atoms with E-state index in [-0.39, 0.29) is 11.8 Å². The summed E-state index contributed by atoms with van der Waals surface area (Å²) in [7, 11) is 0. The van der Waals surface area contributed by atoms with Crippen molar-refractivity contribution in [3.63, 3.8) is 0 Å². The van der Waals surface area contributed by atoms with Crippen LogP contribution in [0, 0.1) is 11.3 Å². The third-order valence-corrected chi connectivity index (χ3v) is 8.82. The molecule has 2 aromatic carbocycles. The number of benzene rings is 2. The number of carbonyl (C=O) groups is 2. The second-order valence-corrected chi connectivity index (χ2v) is 12.3. The van der Waals surface area contributed by atoms with Gasteiger partial charge in [-0.3, -0.25) is 19.4 Å². The number of aliphatic imine (C=N–C) groups is 1. The van der Waals surface area contributed by atoms with Gasteiger partial charge in [0.1, 0.15) is 5.84 Å². The first-order valence-corrected chi connectivity index (χ1v) is 14.4. The summed E-state index contributed by atoms with van der Waals surface area (Å²) in [6.07, 6.45) is 3.00. The SMILES string of the molecule is CC(C)CC1(C)CC(=O)N(CCCCN2CCN(C3=Nc4ccccc4Sc4ccccc43)CC2)C1=O. The number of hydrogen-bond donors (Lipinski definition) is 0. The molecule has 196 valence electrons. The first kappa shape index (κ1) is 26.0. The Morgan fingerprint density at radius 2 is 1.59 bits per heavy atom. The number of imide groups is 1. The summed E-state index contributed by atoms with van der Waals surface area (Å²) in [5, 5.41) is 0. The fourth-order valence-corrected chi connectivity index (χ4v) is 6.95. The number of likely N-dealkylation sites (tertiary alicyclic amines) is 1. The number of amides is 2. The van der Waals surface area contributed by atoms with Gasteiger partial charge < -0.3 is 4.90 Å². The molecule has 1 unspecified atom stereocenters. The topological polar surface area (TPSA) is 56.2 Å². The van der Waals surface area contributed by atoms with E-state index in [1.807, 2.05) is 6.92 Å².